The summed E-state index contributed by atoms with van der Waals surface area (Å²) in [6.07, 6.45) is 14.2. The Kier molecular flexibility index (Phi) is 11.9. The SMILES string of the molecule is C=C1/C=C(COC(=C(C)C)/C(=C\C)c2cccc(-n3ncc(C(C)=O)c3OC(C)C)n2)\C=C/CCN([C@H]2CCCOC2)CC1. The van der Waals surface area contributed by atoms with Gasteiger partial charge >= 0.3 is 0 Å². The molecule has 0 radical (unpaired) electrons. The molecule has 2 aromatic heterocycles. The summed E-state index contributed by atoms with van der Waals surface area (Å²) in [5.74, 6) is 1.62. The zero-order valence-corrected chi connectivity index (χ0v) is 27.3. The largest absolute Gasteiger partial charge is 0.488 e. The number of ketones is 1. The molecule has 0 spiro atoms. The second-order valence-corrected chi connectivity index (χ2v) is 11.9. The van der Waals surface area contributed by atoms with Gasteiger partial charge in [-0.05, 0) is 90.5 Å². The van der Waals surface area contributed by atoms with Crippen molar-refractivity contribution < 1.29 is 19.0 Å². The van der Waals surface area contributed by atoms with Crippen LogP contribution in [0, 0.1) is 0 Å². The molecule has 8 heteroatoms. The number of allylic oxidation sites excluding steroid dienone is 4. The molecule has 0 aliphatic carbocycles. The third kappa shape index (κ3) is 8.67. The molecule has 8 nitrogen and oxygen atoms in total. The van der Waals surface area contributed by atoms with Gasteiger partial charge in [0.2, 0.25) is 5.88 Å². The zero-order valence-electron chi connectivity index (χ0n) is 27.3. The Labute approximate surface area is 262 Å². The van der Waals surface area contributed by atoms with Gasteiger partial charge < -0.3 is 14.2 Å². The van der Waals surface area contributed by atoms with Gasteiger partial charge in [0, 0.05) is 31.3 Å². The number of aromatic nitrogens is 3. The van der Waals surface area contributed by atoms with Crippen molar-refractivity contribution in [1.82, 2.24) is 19.7 Å². The summed E-state index contributed by atoms with van der Waals surface area (Å²) in [5, 5.41) is 4.45. The Morgan fingerprint density at radius 1 is 1.23 bits per heavy atom. The molecule has 0 bridgehead atoms. The number of pyridine rings is 1. The molecule has 1 fully saturated rings. The molecule has 2 aliphatic rings. The van der Waals surface area contributed by atoms with E-state index in [1.54, 1.807) is 4.68 Å². The molecule has 1 atom stereocenters. The molecule has 4 rings (SSSR count). The molecular formula is C36H48N4O4. The predicted molar refractivity (Wildman–Crippen MR) is 176 cm³/mol. The molecule has 44 heavy (non-hydrogen) atoms. The highest BCUT2D eigenvalue weighted by molar-refractivity contribution is 5.96. The Morgan fingerprint density at radius 3 is 2.73 bits per heavy atom. The first kappa shape index (κ1) is 33.1. The fourth-order valence-electron chi connectivity index (χ4n) is 5.54. The molecule has 0 N–H and O–H groups in total. The number of carbonyl (C=O) groups excluding carboxylic acids is 1. The topological polar surface area (TPSA) is 78.7 Å². The maximum absolute atomic E-state index is 12.3. The third-order valence-corrected chi connectivity index (χ3v) is 7.73. The second-order valence-electron chi connectivity index (χ2n) is 11.9. The van der Waals surface area contributed by atoms with Gasteiger partial charge in [0.15, 0.2) is 11.6 Å². The lowest BCUT2D eigenvalue weighted by molar-refractivity contribution is 0.0188. The van der Waals surface area contributed by atoms with Gasteiger partial charge in [0.05, 0.1) is 30.2 Å². The highest BCUT2D eigenvalue weighted by atomic mass is 16.5. The molecule has 1 saturated heterocycles. The number of Topliss-reactive ketones (excluding diaryl/α,β-unsaturated/α-hetero) is 1. The van der Waals surface area contributed by atoms with Crippen molar-refractivity contribution in [2.24, 2.45) is 0 Å². The Balaban J connectivity index is 1.52. The summed E-state index contributed by atoms with van der Waals surface area (Å²) >= 11 is 0. The van der Waals surface area contributed by atoms with E-state index in [9.17, 15) is 4.79 Å². The van der Waals surface area contributed by atoms with Crippen LogP contribution in [-0.4, -0.2) is 70.5 Å². The molecule has 2 aliphatic heterocycles. The van der Waals surface area contributed by atoms with Crippen molar-refractivity contribution >= 4 is 11.4 Å². The highest BCUT2D eigenvalue weighted by Crippen LogP contribution is 2.29. The van der Waals surface area contributed by atoms with Crippen molar-refractivity contribution in [2.75, 3.05) is 32.9 Å². The van der Waals surface area contributed by atoms with Gasteiger partial charge in [-0.15, -0.1) is 0 Å². The number of hydrogen-bond acceptors (Lipinski definition) is 7. The first-order valence-electron chi connectivity index (χ1n) is 15.7. The predicted octanol–water partition coefficient (Wildman–Crippen LogP) is 7.28. The van der Waals surface area contributed by atoms with Crippen LogP contribution in [-0.2, 0) is 9.47 Å². The van der Waals surface area contributed by atoms with Crippen LogP contribution in [0.5, 0.6) is 5.88 Å². The average molecular weight is 601 g/mol. The minimum atomic E-state index is -0.129. The van der Waals surface area contributed by atoms with Gasteiger partial charge in [-0.1, -0.05) is 42.5 Å². The van der Waals surface area contributed by atoms with Gasteiger partial charge in [0.1, 0.15) is 12.4 Å². The lowest BCUT2D eigenvalue weighted by Gasteiger charge is -2.34. The van der Waals surface area contributed by atoms with Crippen LogP contribution in [0.3, 0.4) is 0 Å². The molecule has 0 aromatic carbocycles. The number of rotatable bonds is 10. The molecule has 2 aromatic rings. The van der Waals surface area contributed by atoms with E-state index >= 15 is 0 Å². The lowest BCUT2D eigenvalue weighted by Crippen LogP contribution is -2.42. The van der Waals surface area contributed by atoms with E-state index in [1.807, 2.05) is 58.9 Å². The summed E-state index contributed by atoms with van der Waals surface area (Å²) in [5.41, 5.74) is 5.27. The number of nitrogens with zero attached hydrogens (tertiary/aromatic N) is 4. The third-order valence-electron chi connectivity index (χ3n) is 7.73. The van der Waals surface area contributed by atoms with E-state index in [0.717, 1.165) is 79.3 Å². The summed E-state index contributed by atoms with van der Waals surface area (Å²) in [7, 11) is 0. The molecule has 0 unspecified atom stereocenters. The van der Waals surface area contributed by atoms with Crippen molar-refractivity contribution in [3.8, 4) is 11.7 Å². The standard InChI is InChI=1S/C36H48N4O4/c1-8-31(33-15-11-16-34(38-33)40-36(44-26(4)5)32(22-37-40)28(7)41)35(25(2)3)43-23-29-13-9-10-18-39(19-17-27(6)21-29)30-14-12-20-42-24-30/h8-9,11,13,15-16,21-22,26,30H,6,10,12,14,17-20,23-24H2,1-5,7H3/b13-9-,29-21+,31-8-/t30-/m0/s1. The minimum Gasteiger partial charge on any atom is -0.488 e. The monoisotopic (exact) mass is 600 g/mol. The summed E-state index contributed by atoms with van der Waals surface area (Å²) in [6, 6.07) is 6.24. The quantitative estimate of drug-likeness (QED) is 0.161. The maximum atomic E-state index is 12.3. The number of ether oxygens (including phenoxy) is 3. The smallest absolute Gasteiger partial charge is 0.229 e. The average Bonchev–Trinajstić information content (AvgIpc) is 3.42. The normalized spacial score (nSPS) is 20.5. The van der Waals surface area contributed by atoms with E-state index in [-0.39, 0.29) is 11.9 Å². The van der Waals surface area contributed by atoms with Crippen molar-refractivity contribution in [2.45, 2.75) is 79.4 Å². The van der Waals surface area contributed by atoms with Gasteiger partial charge in [-0.2, -0.15) is 9.78 Å². The van der Waals surface area contributed by atoms with E-state index < -0.39 is 0 Å². The van der Waals surface area contributed by atoms with Crippen molar-refractivity contribution in [3.63, 3.8) is 0 Å². The van der Waals surface area contributed by atoms with Gasteiger partial charge in [-0.3, -0.25) is 9.69 Å². The van der Waals surface area contributed by atoms with Gasteiger partial charge in [-0.25, -0.2) is 4.98 Å². The Hall–Kier alpha value is -3.75. The number of hydrogen-bond donors (Lipinski definition) is 0. The first-order chi connectivity index (χ1) is 21.2. The number of carbonyl (C=O) groups is 1. The Morgan fingerprint density at radius 2 is 2.05 bits per heavy atom. The van der Waals surface area contributed by atoms with Crippen molar-refractivity contribution in [1.29, 1.82) is 0 Å². The summed E-state index contributed by atoms with van der Waals surface area (Å²) in [4.78, 5) is 19.7. The summed E-state index contributed by atoms with van der Waals surface area (Å²) in [6.45, 7) is 19.9. The lowest BCUT2D eigenvalue weighted by atomic mass is 10.0. The molecule has 0 amide bonds. The van der Waals surface area contributed by atoms with Crippen LogP contribution in [0.2, 0.25) is 0 Å². The highest BCUT2D eigenvalue weighted by Gasteiger charge is 2.22. The van der Waals surface area contributed by atoms with E-state index in [4.69, 9.17) is 19.2 Å². The molecule has 0 saturated carbocycles. The fraction of sp³-hybridized carbons (Fsp3) is 0.472. The van der Waals surface area contributed by atoms with Crippen LogP contribution in [0.15, 0.2) is 77.8 Å². The van der Waals surface area contributed by atoms with Crippen LogP contribution < -0.4 is 4.74 Å². The molecular weight excluding hydrogens is 552 g/mol. The van der Waals surface area contributed by atoms with Crippen LogP contribution >= 0.6 is 0 Å². The maximum Gasteiger partial charge on any atom is 0.229 e. The van der Waals surface area contributed by atoms with E-state index in [0.29, 0.717) is 29.9 Å². The van der Waals surface area contributed by atoms with Crippen LogP contribution in [0.4, 0.5) is 0 Å². The molecule has 236 valence electrons. The first-order valence-corrected chi connectivity index (χ1v) is 15.7. The zero-order chi connectivity index (χ0) is 31.6. The second kappa shape index (κ2) is 15.8. The fourth-order valence-corrected chi connectivity index (χ4v) is 5.54. The van der Waals surface area contributed by atoms with Crippen LogP contribution in [0.25, 0.3) is 11.4 Å². The molecule has 4 heterocycles. The van der Waals surface area contributed by atoms with Gasteiger partial charge in [0.25, 0.3) is 0 Å². The summed E-state index contributed by atoms with van der Waals surface area (Å²) < 4.78 is 19.9. The Bertz CT molecular complexity index is 1440. The van der Waals surface area contributed by atoms with Crippen molar-refractivity contribution in [3.05, 3.63) is 89.0 Å². The van der Waals surface area contributed by atoms with E-state index in [2.05, 4.69) is 34.8 Å². The van der Waals surface area contributed by atoms with Crippen LogP contribution in [0.1, 0.15) is 83.3 Å². The minimum absolute atomic E-state index is 0.111. The van der Waals surface area contributed by atoms with E-state index in [1.165, 1.54) is 19.5 Å².